The molecule has 0 fully saturated rings. The Morgan fingerprint density at radius 1 is 1.54 bits per heavy atom. The molecule has 0 aromatic heterocycles. The first-order chi connectivity index (χ1) is 6.06. The van der Waals surface area contributed by atoms with E-state index in [1.54, 1.807) is 12.1 Å². The molecule has 1 aromatic carbocycles. The molecule has 13 heavy (non-hydrogen) atoms. The number of hydrogen-bond donors (Lipinski definition) is 1. The average molecular weight is 203 g/mol. The lowest BCUT2D eigenvalue weighted by Crippen LogP contribution is -1.98. The lowest BCUT2D eigenvalue weighted by Gasteiger charge is -2.09. The van der Waals surface area contributed by atoms with Gasteiger partial charge in [-0.1, -0.05) is 24.6 Å². The van der Waals surface area contributed by atoms with Crippen molar-refractivity contribution < 1.29 is 9.50 Å². The van der Waals surface area contributed by atoms with Crippen LogP contribution in [0.3, 0.4) is 0 Å². The highest BCUT2D eigenvalue weighted by atomic mass is 35.5. The summed E-state index contributed by atoms with van der Waals surface area (Å²) in [6.45, 7) is 3.48. The zero-order valence-electron chi connectivity index (χ0n) is 7.64. The fraction of sp³-hybridized carbons (Fsp3) is 0.400. The Bertz CT molecular complexity index is 310. The largest absolute Gasteiger partial charge is 0.389 e. The van der Waals surface area contributed by atoms with E-state index in [1.165, 1.54) is 6.92 Å². The van der Waals surface area contributed by atoms with Gasteiger partial charge in [0.15, 0.2) is 0 Å². The van der Waals surface area contributed by atoms with Gasteiger partial charge in [0, 0.05) is 5.56 Å². The molecule has 3 heteroatoms. The van der Waals surface area contributed by atoms with Crippen LogP contribution >= 0.6 is 11.6 Å². The fourth-order valence-electron chi connectivity index (χ4n) is 1.18. The number of halogens is 2. The van der Waals surface area contributed by atoms with Gasteiger partial charge in [-0.25, -0.2) is 4.39 Å². The number of hydrogen-bond acceptors (Lipinski definition) is 1. The third-order valence-electron chi connectivity index (χ3n) is 1.97. The lowest BCUT2D eigenvalue weighted by atomic mass is 10.0. The first-order valence-electron chi connectivity index (χ1n) is 4.22. The van der Waals surface area contributed by atoms with Crippen molar-refractivity contribution in [3.8, 4) is 0 Å². The summed E-state index contributed by atoms with van der Waals surface area (Å²) in [5.41, 5.74) is 1.20. The predicted octanol–water partition coefficient (Wildman–Crippen LogP) is 3.09. The molecule has 1 aromatic rings. The van der Waals surface area contributed by atoms with Crippen molar-refractivity contribution in [3.63, 3.8) is 0 Å². The fourth-order valence-corrected chi connectivity index (χ4v) is 1.43. The van der Waals surface area contributed by atoms with E-state index in [9.17, 15) is 9.50 Å². The smallest absolute Gasteiger partial charge is 0.147 e. The second-order valence-electron chi connectivity index (χ2n) is 3.01. The molecule has 1 unspecified atom stereocenters. The molecular formula is C10H12ClFO. The highest BCUT2D eigenvalue weighted by molar-refractivity contribution is 6.30. The molecular weight excluding hydrogens is 191 g/mol. The standard InChI is InChI=1S/C10H12ClFO/c1-3-7-4-8(6(2)13)10(12)9(11)5-7/h4-6,13H,3H2,1-2H3. The Morgan fingerprint density at radius 3 is 2.62 bits per heavy atom. The summed E-state index contributed by atoms with van der Waals surface area (Å²) in [6, 6.07) is 3.23. The highest BCUT2D eigenvalue weighted by Gasteiger charge is 2.12. The molecule has 0 amide bonds. The molecule has 1 rings (SSSR count). The summed E-state index contributed by atoms with van der Waals surface area (Å²) in [5.74, 6) is -0.520. The Balaban J connectivity index is 3.25. The summed E-state index contributed by atoms with van der Waals surface area (Å²) in [7, 11) is 0. The predicted molar refractivity (Wildman–Crippen MR) is 51.4 cm³/mol. The second-order valence-corrected chi connectivity index (χ2v) is 3.42. The summed E-state index contributed by atoms with van der Waals surface area (Å²) in [6.07, 6.45) is -0.0382. The van der Waals surface area contributed by atoms with Gasteiger partial charge in [-0.15, -0.1) is 0 Å². The molecule has 0 aliphatic carbocycles. The summed E-state index contributed by atoms with van der Waals surface area (Å²) in [4.78, 5) is 0. The quantitative estimate of drug-likeness (QED) is 0.782. The zero-order chi connectivity index (χ0) is 10.0. The van der Waals surface area contributed by atoms with E-state index in [0.717, 1.165) is 12.0 Å². The monoisotopic (exact) mass is 202 g/mol. The Labute approximate surface area is 82.2 Å². The SMILES string of the molecule is CCc1cc(Cl)c(F)c(C(C)O)c1. The zero-order valence-corrected chi connectivity index (χ0v) is 8.40. The second kappa shape index (κ2) is 4.07. The molecule has 0 heterocycles. The van der Waals surface area contributed by atoms with Crippen LogP contribution in [0.4, 0.5) is 4.39 Å². The number of aliphatic hydroxyl groups excluding tert-OH is 1. The molecule has 1 N–H and O–H groups in total. The van der Waals surface area contributed by atoms with Crippen LogP contribution in [0.15, 0.2) is 12.1 Å². The minimum atomic E-state index is -0.816. The summed E-state index contributed by atoms with van der Waals surface area (Å²) >= 11 is 5.66. The summed E-state index contributed by atoms with van der Waals surface area (Å²) < 4.78 is 13.3. The van der Waals surface area contributed by atoms with Gasteiger partial charge >= 0.3 is 0 Å². The maximum atomic E-state index is 13.3. The molecule has 0 aliphatic rings. The van der Waals surface area contributed by atoms with Crippen LogP contribution < -0.4 is 0 Å². The van der Waals surface area contributed by atoms with Gasteiger partial charge in [0.2, 0.25) is 0 Å². The Morgan fingerprint density at radius 2 is 2.15 bits per heavy atom. The van der Waals surface area contributed by atoms with Crippen LogP contribution in [-0.2, 0) is 6.42 Å². The molecule has 0 saturated heterocycles. The van der Waals surface area contributed by atoms with E-state index < -0.39 is 11.9 Å². The van der Waals surface area contributed by atoms with Crippen molar-refractivity contribution in [1.29, 1.82) is 0 Å². The lowest BCUT2D eigenvalue weighted by molar-refractivity contribution is 0.194. The third kappa shape index (κ3) is 2.20. The molecule has 72 valence electrons. The minimum absolute atomic E-state index is 0.0789. The van der Waals surface area contributed by atoms with Crippen molar-refractivity contribution in [1.82, 2.24) is 0 Å². The molecule has 1 nitrogen and oxygen atoms in total. The molecule has 1 atom stereocenters. The first kappa shape index (κ1) is 10.5. The van der Waals surface area contributed by atoms with Crippen molar-refractivity contribution in [2.75, 3.05) is 0 Å². The van der Waals surface area contributed by atoms with Crippen LogP contribution in [0.25, 0.3) is 0 Å². The van der Waals surface area contributed by atoms with Gasteiger partial charge < -0.3 is 5.11 Å². The van der Waals surface area contributed by atoms with Crippen LogP contribution in [0.1, 0.15) is 31.1 Å². The van der Waals surface area contributed by atoms with E-state index >= 15 is 0 Å². The van der Waals surface area contributed by atoms with Crippen LogP contribution in [0, 0.1) is 5.82 Å². The van der Waals surface area contributed by atoms with Crippen molar-refractivity contribution in [3.05, 3.63) is 34.1 Å². The first-order valence-corrected chi connectivity index (χ1v) is 4.60. The third-order valence-corrected chi connectivity index (χ3v) is 2.25. The van der Waals surface area contributed by atoms with Crippen molar-refractivity contribution in [2.45, 2.75) is 26.4 Å². The Hall–Kier alpha value is -0.600. The number of benzene rings is 1. The van der Waals surface area contributed by atoms with Gasteiger partial charge in [0.05, 0.1) is 11.1 Å². The summed E-state index contributed by atoms with van der Waals surface area (Å²) in [5, 5.41) is 9.33. The molecule has 0 radical (unpaired) electrons. The maximum Gasteiger partial charge on any atom is 0.147 e. The molecule has 0 spiro atoms. The van der Waals surface area contributed by atoms with Crippen LogP contribution in [0.5, 0.6) is 0 Å². The molecule has 0 saturated carbocycles. The number of aryl methyl sites for hydroxylation is 1. The van der Waals surface area contributed by atoms with Crippen LogP contribution in [-0.4, -0.2) is 5.11 Å². The van der Waals surface area contributed by atoms with E-state index in [0.29, 0.717) is 0 Å². The van der Waals surface area contributed by atoms with Gasteiger partial charge in [-0.05, 0) is 25.0 Å². The average Bonchev–Trinajstić information content (AvgIpc) is 2.09. The van der Waals surface area contributed by atoms with Crippen LogP contribution in [0.2, 0.25) is 5.02 Å². The van der Waals surface area contributed by atoms with Crippen molar-refractivity contribution in [2.24, 2.45) is 0 Å². The van der Waals surface area contributed by atoms with Gasteiger partial charge in [-0.3, -0.25) is 0 Å². The van der Waals surface area contributed by atoms with E-state index in [-0.39, 0.29) is 10.6 Å². The Kier molecular flexibility index (Phi) is 3.28. The van der Waals surface area contributed by atoms with E-state index in [1.807, 2.05) is 6.92 Å². The topological polar surface area (TPSA) is 20.2 Å². The van der Waals surface area contributed by atoms with Crippen molar-refractivity contribution >= 4 is 11.6 Å². The van der Waals surface area contributed by atoms with E-state index in [2.05, 4.69) is 0 Å². The van der Waals surface area contributed by atoms with E-state index in [4.69, 9.17) is 11.6 Å². The molecule has 0 bridgehead atoms. The maximum absolute atomic E-state index is 13.3. The molecule has 0 aliphatic heterocycles. The minimum Gasteiger partial charge on any atom is -0.389 e. The number of aliphatic hydroxyl groups is 1. The normalized spacial score (nSPS) is 13.0. The number of rotatable bonds is 2. The highest BCUT2D eigenvalue weighted by Crippen LogP contribution is 2.25. The van der Waals surface area contributed by atoms with Gasteiger partial charge in [-0.2, -0.15) is 0 Å². The van der Waals surface area contributed by atoms with Gasteiger partial charge in [0.1, 0.15) is 5.82 Å². The van der Waals surface area contributed by atoms with Gasteiger partial charge in [0.25, 0.3) is 0 Å².